The molecular weight excluding hydrogens is 204 g/mol. The summed E-state index contributed by atoms with van der Waals surface area (Å²) in [6.45, 7) is 7.88. The second kappa shape index (κ2) is 9.60. The molecule has 0 radical (unpaired) electrons. The number of nitrogens with one attached hydrogen (secondary N) is 2. The smallest absolute Gasteiger partial charge is 0.221 e. The largest absolute Gasteiger partial charge is 0.396 e. The molecule has 2 unspecified atom stereocenters. The lowest BCUT2D eigenvalue weighted by Crippen LogP contribution is -2.34. The third-order valence-corrected chi connectivity index (χ3v) is 2.55. The maximum absolute atomic E-state index is 11.4. The van der Waals surface area contributed by atoms with Gasteiger partial charge in [-0.25, -0.2) is 0 Å². The number of rotatable bonds is 9. The lowest BCUT2D eigenvalue weighted by molar-refractivity contribution is -0.121. The van der Waals surface area contributed by atoms with Crippen molar-refractivity contribution in [3.05, 3.63) is 0 Å². The minimum Gasteiger partial charge on any atom is -0.396 e. The molecule has 3 N–H and O–H groups in total. The van der Waals surface area contributed by atoms with Crippen LogP contribution >= 0.6 is 0 Å². The Hall–Kier alpha value is -0.610. The van der Waals surface area contributed by atoms with Gasteiger partial charge in [-0.2, -0.15) is 0 Å². The third-order valence-electron chi connectivity index (χ3n) is 2.55. The molecule has 0 aromatic heterocycles. The van der Waals surface area contributed by atoms with Gasteiger partial charge in [0.25, 0.3) is 0 Å². The van der Waals surface area contributed by atoms with Crippen LogP contribution in [0.2, 0.25) is 0 Å². The van der Waals surface area contributed by atoms with Gasteiger partial charge in [0, 0.05) is 25.6 Å². The zero-order chi connectivity index (χ0) is 12.4. The fourth-order valence-corrected chi connectivity index (χ4v) is 1.54. The molecule has 0 aliphatic carbocycles. The van der Waals surface area contributed by atoms with Crippen molar-refractivity contribution in [1.29, 1.82) is 0 Å². The van der Waals surface area contributed by atoms with Crippen molar-refractivity contribution in [3.63, 3.8) is 0 Å². The first-order valence-electron chi connectivity index (χ1n) is 6.21. The van der Waals surface area contributed by atoms with Gasteiger partial charge < -0.3 is 15.7 Å². The van der Waals surface area contributed by atoms with Crippen molar-refractivity contribution in [2.75, 3.05) is 19.7 Å². The summed E-state index contributed by atoms with van der Waals surface area (Å²) in [5.74, 6) is 0.433. The van der Waals surface area contributed by atoms with Crippen LogP contribution in [0, 0.1) is 5.92 Å². The molecule has 96 valence electrons. The van der Waals surface area contributed by atoms with E-state index in [0.717, 1.165) is 19.4 Å². The molecule has 1 amide bonds. The van der Waals surface area contributed by atoms with E-state index < -0.39 is 0 Å². The summed E-state index contributed by atoms with van der Waals surface area (Å²) in [6.07, 6.45) is 2.42. The van der Waals surface area contributed by atoms with Crippen LogP contribution in [-0.2, 0) is 4.79 Å². The van der Waals surface area contributed by atoms with Gasteiger partial charge in [0.2, 0.25) is 5.91 Å². The fourth-order valence-electron chi connectivity index (χ4n) is 1.54. The van der Waals surface area contributed by atoms with Crippen LogP contribution in [0.15, 0.2) is 0 Å². The number of carbonyl (C=O) groups excluding carboxylic acids is 1. The first-order valence-corrected chi connectivity index (χ1v) is 6.21. The summed E-state index contributed by atoms with van der Waals surface area (Å²) in [6, 6.07) is 0.237. The molecule has 2 atom stereocenters. The molecule has 16 heavy (non-hydrogen) atoms. The number of carbonyl (C=O) groups is 1. The summed E-state index contributed by atoms with van der Waals surface area (Å²) >= 11 is 0. The van der Waals surface area contributed by atoms with Crippen molar-refractivity contribution in [1.82, 2.24) is 10.6 Å². The van der Waals surface area contributed by atoms with Gasteiger partial charge in [0.15, 0.2) is 0 Å². The quantitative estimate of drug-likeness (QED) is 0.516. The third kappa shape index (κ3) is 8.68. The molecule has 0 aliphatic heterocycles. The molecule has 4 nitrogen and oxygen atoms in total. The van der Waals surface area contributed by atoms with Crippen LogP contribution in [0.3, 0.4) is 0 Å². The van der Waals surface area contributed by atoms with Crippen molar-refractivity contribution >= 4 is 5.91 Å². The normalized spacial score (nSPS) is 14.5. The molecule has 0 spiro atoms. The fraction of sp³-hybridized carbons (Fsp3) is 0.917. The van der Waals surface area contributed by atoms with Gasteiger partial charge in [0.05, 0.1) is 0 Å². The molecule has 0 heterocycles. The first kappa shape index (κ1) is 15.4. The zero-order valence-electron chi connectivity index (χ0n) is 10.8. The molecule has 0 aromatic rings. The van der Waals surface area contributed by atoms with E-state index in [-0.39, 0.29) is 18.6 Å². The summed E-state index contributed by atoms with van der Waals surface area (Å²) < 4.78 is 0. The molecule has 0 saturated heterocycles. The molecule has 0 fully saturated rings. The Morgan fingerprint density at radius 2 is 2.06 bits per heavy atom. The van der Waals surface area contributed by atoms with Crippen LogP contribution in [0.5, 0.6) is 0 Å². The van der Waals surface area contributed by atoms with Gasteiger partial charge in [-0.1, -0.05) is 13.8 Å². The second-order valence-electron chi connectivity index (χ2n) is 4.44. The number of hydrogen-bond donors (Lipinski definition) is 3. The maximum atomic E-state index is 11.4. The zero-order valence-corrected chi connectivity index (χ0v) is 10.8. The number of aliphatic hydroxyl groups excluding tert-OH is 1. The van der Waals surface area contributed by atoms with Crippen LogP contribution in [0.1, 0.15) is 40.0 Å². The van der Waals surface area contributed by atoms with Gasteiger partial charge in [-0.3, -0.25) is 4.79 Å². The average Bonchev–Trinajstić information content (AvgIpc) is 2.24. The molecule has 0 bridgehead atoms. The van der Waals surface area contributed by atoms with E-state index in [2.05, 4.69) is 10.6 Å². The van der Waals surface area contributed by atoms with E-state index in [1.807, 2.05) is 20.8 Å². The minimum absolute atomic E-state index is 0.102. The van der Waals surface area contributed by atoms with E-state index >= 15 is 0 Å². The van der Waals surface area contributed by atoms with Gasteiger partial charge in [0.1, 0.15) is 0 Å². The van der Waals surface area contributed by atoms with E-state index in [1.54, 1.807) is 0 Å². The van der Waals surface area contributed by atoms with E-state index in [4.69, 9.17) is 5.11 Å². The molecule has 0 rings (SSSR count). The Balaban J connectivity index is 3.43. The standard InChI is InChI=1S/C12H26N2O2/c1-4-13-11(3)8-12(16)14-7-5-6-10(2)9-15/h10-11,13,15H,4-9H2,1-3H3,(H,14,16). The van der Waals surface area contributed by atoms with E-state index in [0.29, 0.717) is 18.9 Å². The summed E-state index contributed by atoms with van der Waals surface area (Å²) in [5, 5.41) is 14.9. The van der Waals surface area contributed by atoms with Crippen molar-refractivity contribution in [3.8, 4) is 0 Å². The summed E-state index contributed by atoms with van der Waals surface area (Å²) in [5.41, 5.74) is 0. The highest BCUT2D eigenvalue weighted by molar-refractivity contribution is 5.76. The van der Waals surface area contributed by atoms with Crippen LogP contribution in [-0.4, -0.2) is 36.8 Å². The van der Waals surface area contributed by atoms with E-state index in [9.17, 15) is 4.79 Å². The molecule has 0 aliphatic rings. The molecule has 0 saturated carbocycles. The number of amides is 1. The van der Waals surface area contributed by atoms with Crippen LogP contribution < -0.4 is 10.6 Å². The van der Waals surface area contributed by atoms with Crippen molar-refractivity contribution in [2.24, 2.45) is 5.92 Å². The highest BCUT2D eigenvalue weighted by Gasteiger charge is 2.07. The molecule has 0 aromatic carbocycles. The van der Waals surface area contributed by atoms with Crippen molar-refractivity contribution < 1.29 is 9.90 Å². The average molecular weight is 230 g/mol. The summed E-state index contributed by atoms with van der Waals surface area (Å²) in [7, 11) is 0. The van der Waals surface area contributed by atoms with Gasteiger partial charge in [-0.15, -0.1) is 0 Å². The number of hydrogen-bond acceptors (Lipinski definition) is 3. The Morgan fingerprint density at radius 1 is 1.38 bits per heavy atom. The minimum atomic E-state index is 0.102. The highest BCUT2D eigenvalue weighted by Crippen LogP contribution is 2.02. The molecule has 4 heteroatoms. The van der Waals surface area contributed by atoms with Gasteiger partial charge in [-0.05, 0) is 32.2 Å². The highest BCUT2D eigenvalue weighted by atomic mass is 16.3. The predicted molar refractivity (Wildman–Crippen MR) is 66.2 cm³/mol. The number of aliphatic hydroxyl groups is 1. The van der Waals surface area contributed by atoms with E-state index in [1.165, 1.54) is 0 Å². The summed E-state index contributed by atoms with van der Waals surface area (Å²) in [4.78, 5) is 11.4. The predicted octanol–water partition coefficient (Wildman–Crippen LogP) is 0.899. The Kier molecular flexibility index (Phi) is 9.24. The SMILES string of the molecule is CCNC(C)CC(=O)NCCCC(C)CO. The second-order valence-corrected chi connectivity index (χ2v) is 4.44. The topological polar surface area (TPSA) is 61.4 Å². The monoisotopic (exact) mass is 230 g/mol. The molecular formula is C12H26N2O2. The van der Waals surface area contributed by atoms with Gasteiger partial charge >= 0.3 is 0 Å². The Morgan fingerprint density at radius 3 is 2.62 bits per heavy atom. The first-order chi connectivity index (χ1) is 7.60. The Bertz CT molecular complexity index is 186. The van der Waals surface area contributed by atoms with Crippen LogP contribution in [0.4, 0.5) is 0 Å². The van der Waals surface area contributed by atoms with Crippen LogP contribution in [0.25, 0.3) is 0 Å². The lowest BCUT2D eigenvalue weighted by Gasteiger charge is -2.12. The Labute approximate surface area is 98.8 Å². The van der Waals surface area contributed by atoms with Crippen molar-refractivity contribution in [2.45, 2.75) is 46.1 Å². The lowest BCUT2D eigenvalue weighted by atomic mass is 10.1. The maximum Gasteiger partial charge on any atom is 0.221 e.